The molecule has 3 nitrogen and oxygen atoms in total. The predicted octanol–water partition coefficient (Wildman–Crippen LogP) is 4.63. The van der Waals surface area contributed by atoms with E-state index in [4.69, 9.17) is 4.42 Å². The van der Waals surface area contributed by atoms with Crippen LogP contribution in [0.3, 0.4) is 0 Å². The lowest BCUT2D eigenvalue weighted by atomic mass is 10.0. The van der Waals surface area contributed by atoms with Gasteiger partial charge in [0, 0.05) is 16.3 Å². The lowest BCUT2D eigenvalue weighted by molar-refractivity contribution is 0.569. The molecular formula is C20H15NO2. The van der Waals surface area contributed by atoms with Crippen molar-refractivity contribution in [3.63, 3.8) is 0 Å². The van der Waals surface area contributed by atoms with E-state index in [1.54, 1.807) is 0 Å². The number of fused-ring (bicyclic) bond motifs is 3. The van der Waals surface area contributed by atoms with Crippen LogP contribution in [0.1, 0.15) is 11.3 Å². The highest BCUT2D eigenvalue weighted by Gasteiger charge is 2.12. The highest BCUT2D eigenvalue weighted by atomic mass is 16.4. The number of nitrogens with zero attached hydrogens (tertiary/aromatic N) is 1. The van der Waals surface area contributed by atoms with Gasteiger partial charge in [-0.1, -0.05) is 48.0 Å². The molecule has 2 heterocycles. The molecule has 0 aliphatic rings. The summed E-state index contributed by atoms with van der Waals surface area (Å²) in [6.07, 6.45) is 0. The maximum absolute atomic E-state index is 12.3. The summed E-state index contributed by atoms with van der Waals surface area (Å²) in [6.45, 7) is 3.91. The van der Waals surface area contributed by atoms with Crippen molar-refractivity contribution < 1.29 is 4.42 Å². The van der Waals surface area contributed by atoms with Crippen molar-refractivity contribution in [2.45, 2.75) is 13.8 Å². The van der Waals surface area contributed by atoms with Gasteiger partial charge in [-0.25, -0.2) is 4.79 Å². The summed E-state index contributed by atoms with van der Waals surface area (Å²) in [5.74, 6) is 0. The van der Waals surface area contributed by atoms with Gasteiger partial charge in [0.25, 0.3) is 0 Å². The van der Waals surface area contributed by atoms with E-state index in [1.807, 2.05) is 37.3 Å². The molecule has 0 unspecified atom stereocenters. The zero-order valence-electron chi connectivity index (χ0n) is 13.0. The van der Waals surface area contributed by atoms with Crippen LogP contribution in [0, 0.1) is 13.8 Å². The van der Waals surface area contributed by atoms with E-state index in [2.05, 4.69) is 36.2 Å². The fraction of sp³-hybridized carbons (Fsp3) is 0.100. The van der Waals surface area contributed by atoms with Crippen molar-refractivity contribution in [3.05, 3.63) is 76.3 Å². The summed E-state index contributed by atoms with van der Waals surface area (Å²) < 4.78 is 5.42. The maximum atomic E-state index is 12.3. The Bertz CT molecular complexity index is 1090. The van der Waals surface area contributed by atoms with Crippen LogP contribution in [0.4, 0.5) is 0 Å². The summed E-state index contributed by atoms with van der Waals surface area (Å²) in [5.41, 5.74) is 4.07. The van der Waals surface area contributed by atoms with Crippen LogP contribution >= 0.6 is 0 Å². The van der Waals surface area contributed by atoms with E-state index in [0.717, 1.165) is 22.0 Å². The van der Waals surface area contributed by atoms with Crippen LogP contribution in [0.5, 0.6) is 0 Å². The van der Waals surface area contributed by atoms with Crippen LogP contribution in [0.25, 0.3) is 33.0 Å². The topological polar surface area (TPSA) is 43.1 Å². The van der Waals surface area contributed by atoms with E-state index in [9.17, 15) is 4.79 Å². The smallest absolute Gasteiger partial charge is 0.346 e. The molecule has 4 rings (SSSR count). The number of aromatic nitrogens is 1. The largest absolute Gasteiger partial charge is 0.422 e. The van der Waals surface area contributed by atoms with Crippen LogP contribution in [0.15, 0.2) is 63.8 Å². The van der Waals surface area contributed by atoms with E-state index >= 15 is 0 Å². The summed E-state index contributed by atoms with van der Waals surface area (Å²) in [6, 6.07) is 17.8. The third kappa shape index (κ3) is 2.21. The quantitative estimate of drug-likeness (QED) is 0.380. The molecule has 0 saturated carbocycles. The van der Waals surface area contributed by atoms with Gasteiger partial charge in [-0.15, -0.1) is 0 Å². The van der Waals surface area contributed by atoms with Crippen molar-refractivity contribution in [1.29, 1.82) is 0 Å². The van der Waals surface area contributed by atoms with Crippen molar-refractivity contribution in [1.82, 2.24) is 4.98 Å². The van der Waals surface area contributed by atoms with Crippen molar-refractivity contribution in [2.75, 3.05) is 0 Å². The molecule has 0 radical (unpaired) electrons. The third-order valence-corrected chi connectivity index (χ3v) is 4.13. The number of hydrogen-bond acceptors (Lipinski definition) is 3. The van der Waals surface area contributed by atoms with Gasteiger partial charge in [0.05, 0.1) is 16.8 Å². The van der Waals surface area contributed by atoms with E-state index in [-0.39, 0.29) is 5.63 Å². The monoisotopic (exact) mass is 301 g/mol. The second-order valence-corrected chi connectivity index (χ2v) is 5.77. The van der Waals surface area contributed by atoms with Gasteiger partial charge in [-0.3, -0.25) is 4.98 Å². The fourth-order valence-corrected chi connectivity index (χ4v) is 2.94. The Morgan fingerprint density at radius 1 is 0.913 bits per heavy atom. The van der Waals surface area contributed by atoms with Gasteiger partial charge in [0.2, 0.25) is 0 Å². The molecule has 0 fully saturated rings. The summed E-state index contributed by atoms with van der Waals surface area (Å²) in [4.78, 5) is 16.9. The van der Waals surface area contributed by atoms with Gasteiger partial charge in [0.15, 0.2) is 0 Å². The Kier molecular flexibility index (Phi) is 3.01. The van der Waals surface area contributed by atoms with Gasteiger partial charge >= 0.3 is 5.63 Å². The zero-order chi connectivity index (χ0) is 16.0. The van der Waals surface area contributed by atoms with Crippen LogP contribution in [-0.4, -0.2) is 4.98 Å². The number of rotatable bonds is 1. The first kappa shape index (κ1) is 13.7. The van der Waals surface area contributed by atoms with Crippen LogP contribution in [-0.2, 0) is 0 Å². The number of para-hydroxylation sites is 1. The second kappa shape index (κ2) is 5.06. The molecule has 0 N–H and O–H groups in total. The SMILES string of the molecule is Cc1ccc(-c2cc3c(c(C)n2)c(=O)oc2ccccc23)cc1. The molecular weight excluding hydrogens is 286 g/mol. The van der Waals surface area contributed by atoms with Gasteiger partial charge in [-0.2, -0.15) is 0 Å². The molecule has 2 aromatic carbocycles. The molecule has 0 atom stereocenters. The summed E-state index contributed by atoms with van der Waals surface area (Å²) in [5, 5.41) is 2.38. The van der Waals surface area contributed by atoms with Gasteiger partial charge in [-0.05, 0) is 26.0 Å². The number of pyridine rings is 1. The minimum absolute atomic E-state index is 0.334. The molecule has 0 aliphatic heterocycles. The highest BCUT2D eigenvalue weighted by molar-refractivity contribution is 6.06. The average Bonchev–Trinajstić information content (AvgIpc) is 2.55. The first-order chi connectivity index (χ1) is 11.1. The Morgan fingerprint density at radius 3 is 2.43 bits per heavy atom. The standard InChI is InChI=1S/C20H15NO2/c1-12-7-9-14(10-8-12)17-11-16-15-5-3-4-6-18(15)23-20(22)19(16)13(2)21-17/h3-11H,1-2H3. The van der Waals surface area contributed by atoms with Gasteiger partial charge < -0.3 is 4.42 Å². The van der Waals surface area contributed by atoms with E-state index in [0.29, 0.717) is 16.7 Å². The molecule has 0 saturated heterocycles. The van der Waals surface area contributed by atoms with Gasteiger partial charge in [0.1, 0.15) is 5.58 Å². The lowest BCUT2D eigenvalue weighted by Crippen LogP contribution is -2.04. The van der Waals surface area contributed by atoms with Crippen LogP contribution in [0.2, 0.25) is 0 Å². The Morgan fingerprint density at radius 2 is 1.65 bits per heavy atom. The van der Waals surface area contributed by atoms with E-state index < -0.39 is 0 Å². The molecule has 0 aliphatic carbocycles. The Labute approximate surface area is 133 Å². The summed E-state index contributed by atoms with van der Waals surface area (Å²) in [7, 11) is 0. The van der Waals surface area contributed by atoms with E-state index in [1.165, 1.54) is 5.56 Å². The van der Waals surface area contributed by atoms with Crippen molar-refractivity contribution in [2.24, 2.45) is 0 Å². The summed E-state index contributed by atoms with van der Waals surface area (Å²) >= 11 is 0. The maximum Gasteiger partial charge on any atom is 0.346 e. The van der Waals surface area contributed by atoms with Crippen molar-refractivity contribution >= 4 is 21.7 Å². The second-order valence-electron chi connectivity index (χ2n) is 5.77. The number of hydrogen-bond donors (Lipinski definition) is 0. The fourth-order valence-electron chi connectivity index (χ4n) is 2.94. The normalized spacial score (nSPS) is 11.2. The highest BCUT2D eigenvalue weighted by Crippen LogP contribution is 2.28. The number of benzene rings is 2. The molecule has 0 spiro atoms. The molecule has 2 aromatic heterocycles. The zero-order valence-corrected chi connectivity index (χ0v) is 13.0. The molecule has 0 bridgehead atoms. The first-order valence-corrected chi connectivity index (χ1v) is 7.54. The third-order valence-electron chi connectivity index (χ3n) is 4.13. The minimum Gasteiger partial charge on any atom is -0.422 e. The van der Waals surface area contributed by atoms with Crippen LogP contribution < -0.4 is 5.63 Å². The molecule has 3 heteroatoms. The molecule has 0 amide bonds. The minimum atomic E-state index is -0.334. The average molecular weight is 301 g/mol. The predicted molar refractivity (Wildman–Crippen MR) is 92.7 cm³/mol. The molecule has 4 aromatic rings. The lowest BCUT2D eigenvalue weighted by Gasteiger charge is -2.08. The molecule has 112 valence electrons. The van der Waals surface area contributed by atoms with Crippen molar-refractivity contribution in [3.8, 4) is 11.3 Å². The number of aryl methyl sites for hydroxylation is 2. The first-order valence-electron chi connectivity index (χ1n) is 7.54. The molecule has 23 heavy (non-hydrogen) atoms. The Hall–Kier alpha value is -2.94. The Balaban J connectivity index is 2.11.